The summed E-state index contributed by atoms with van der Waals surface area (Å²) < 4.78 is 17.8. The van der Waals surface area contributed by atoms with Crippen molar-refractivity contribution in [1.29, 1.82) is 0 Å². The van der Waals surface area contributed by atoms with Gasteiger partial charge in [-0.05, 0) is 29.8 Å². The molecule has 0 atom stereocenters. The minimum Gasteiger partial charge on any atom is -0.486 e. The van der Waals surface area contributed by atoms with E-state index in [0.717, 1.165) is 11.3 Å². The molecular weight excluding hydrogens is 348 g/mol. The van der Waals surface area contributed by atoms with Gasteiger partial charge in [0.15, 0.2) is 17.1 Å². The van der Waals surface area contributed by atoms with E-state index in [9.17, 15) is 9.59 Å². The number of aromatic nitrogens is 1. The van der Waals surface area contributed by atoms with Crippen LogP contribution in [0.5, 0.6) is 11.5 Å². The summed E-state index contributed by atoms with van der Waals surface area (Å²) in [6.45, 7) is 1.81. The molecule has 3 aromatic rings. The summed E-state index contributed by atoms with van der Waals surface area (Å²) in [5.41, 5.74) is 2.19. The van der Waals surface area contributed by atoms with Gasteiger partial charge in [0.2, 0.25) is 5.91 Å². The molecule has 27 heavy (non-hydrogen) atoms. The highest BCUT2D eigenvalue weighted by Crippen LogP contribution is 2.31. The van der Waals surface area contributed by atoms with Gasteiger partial charge in [0.1, 0.15) is 13.2 Å². The summed E-state index contributed by atoms with van der Waals surface area (Å²) in [6.07, 6.45) is 0.213. The first kappa shape index (κ1) is 17.2. The summed E-state index contributed by atoms with van der Waals surface area (Å²) in [5.74, 6) is 0.932. The van der Waals surface area contributed by atoms with Crippen molar-refractivity contribution in [2.45, 2.75) is 19.5 Å². The highest BCUT2D eigenvalue weighted by molar-refractivity contribution is 5.76. The van der Waals surface area contributed by atoms with Crippen molar-refractivity contribution in [2.24, 2.45) is 0 Å². The van der Waals surface area contributed by atoms with Crippen LogP contribution in [-0.4, -0.2) is 35.6 Å². The quantitative estimate of drug-likeness (QED) is 0.691. The van der Waals surface area contributed by atoms with Gasteiger partial charge in [-0.25, -0.2) is 4.79 Å². The molecule has 7 nitrogen and oxygen atoms in total. The third-order valence-electron chi connectivity index (χ3n) is 4.58. The number of oxazole rings is 1. The SMILES string of the molecule is CN(Cc1ccc2c(c1)OCCO2)C(=O)CCn1c(=O)oc2ccccc21. The van der Waals surface area contributed by atoms with Crippen LogP contribution in [0.4, 0.5) is 0 Å². The molecule has 0 unspecified atom stereocenters. The van der Waals surface area contributed by atoms with Crippen LogP contribution in [0.3, 0.4) is 0 Å². The average Bonchev–Trinajstić information content (AvgIpc) is 3.01. The minimum atomic E-state index is -0.446. The van der Waals surface area contributed by atoms with Crippen LogP contribution in [0.25, 0.3) is 11.1 Å². The lowest BCUT2D eigenvalue weighted by molar-refractivity contribution is -0.130. The topological polar surface area (TPSA) is 73.9 Å². The lowest BCUT2D eigenvalue weighted by Gasteiger charge is -2.21. The van der Waals surface area contributed by atoms with Gasteiger partial charge in [0.25, 0.3) is 0 Å². The van der Waals surface area contributed by atoms with Gasteiger partial charge < -0.3 is 18.8 Å². The Morgan fingerprint density at radius 2 is 1.89 bits per heavy atom. The Kier molecular flexibility index (Phi) is 4.58. The smallest absolute Gasteiger partial charge is 0.419 e. The highest BCUT2D eigenvalue weighted by atomic mass is 16.6. The number of para-hydroxylation sites is 2. The zero-order valence-corrected chi connectivity index (χ0v) is 15.0. The van der Waals surface area contributed by atoms with E-state index in [1.54, 1.807) is 18.0 Å². The molecule has 0 fully saturated rings. The van der Waals surface area contributed by atoms with E-state index in [1.165, 1.54) is 4.57 Å². The van der Waals surface area contributed by atoms with Crippen molar-refractivity contribution in [1.82, 2.24) is 9.47 Å². The molecular formula is C20H20N2O5. The molecule has 2 aromatic carbocycles. The van der Waals surface area contributed by atoms with Gasteiger partial charge in [-0.15, -0.1) is 0 Å². The Hall–Kier alpha value is -3.22. The number of rotatable bonds is 5. The van der Waals surface area contributed by atoms with E-state index < -0.39 is 5.76 Å². The fourth-order valence-electron chi connectivity index (χ4n) is 3.17. The molecule has 4 rings (SSSR count). The summed E-state index contributed by atoms with van der Waals surface area (Å²) in [5, 5.41) is 0. The van der Waals surface area contributed by atoms with Gasteiger partial charge >= 0.3 is 5.76 Å². The molecule has 1 amide bonds. The number of hydrogen-bond acceptors (Lipinski definition) is 5. The second-order valence-electron chi connectivity index (χ2n) is 6.47. The molecule has 0 bridgehead atoms. The molecule has 2 heterocycles. The van der Waals surface area contributed by atoms with Crippen LogP contribution >= 0.6 is 0 Å². The first-order chi connectivity index (χ1) is 13.1. The number of aryl methyl sites for hydroxylation is 1. The number of ether oxygens (including phenoxy) is 2. The number of nitrogens with zero attached hydrogens (tertiary/aromatic N) is 2. The predicted octanol–water partition coefficient (Wildman–Crippen LogP) is 2.41. The predicted molar refractivity (Wildman–Crippen MR) is 99.0 cm³/mol. The molecule has 1 aromatic heterocycles. The number of fused-ring (bicyclic) bond motifs is 2. The van der Waals surface area contributed by atoms with Gasteiger partial charge in [0.05, 0.1) is 5.52 Å². The molecule has 1 aliphatic heterocycles. The normalized spacial score (nSPS) is 12.9. The standard InChI is InChI=1S/C20H20N2O5/c1-21(13-14-6-7-17-18(12-14)26-11-10-25-17)19(23)8-9-22-15-4-2-3-5-16(15)27-20(22)24/h2-7,12H,8-11,13H2,1H3. The van der Waals surface area contributed by atoms with Gasteiger partial charge in [-0.3, -0.25) is 9.36 Å². The van der Waals surface area contributed by atoms with Crippen LogP contribution in [0.15, 0.2) is 51.7 Å². The van der Waals surface area contributed by atoms with E-state index in [-0.39, 0.29) is 18.9 Å². The van der Waals surface area contributed by atoms with E-state index in [1.807, 2.05) is 36.4 Å². The van der Waals surface area contributed by atoms with Crippen molar-refractivity contribution >= 4 is 17.0 Å². The molecule has 0 saturated heterocycles. The van der Waals surface area contributed by atoms with Crippen molar-refractivity contribution in [3.63, 3.8) is 0 Å². The first-order valence-corrected chi connectivity index (χ1v) is 8.83. The lowest BCUT2D eigenvalue weighted by atomic mass is 10.2. The van der Waals surface area contributed by atoms with E-state index >= 15 is 0 Å². The molecule has 0 saturated carbocycles. The number of carbonyl (C=O) groups is 1. The van der Waals surface area contributed by atoms with E-state index in [2.05, 4.69) is 0 Å². The van der Waals surface area contributed by atoms with Crippen molar-refractivity contribution in [2.75, 3.05) is 20.3 Å². The lowest BCUT2D eigenvalue weighted by Crippen LogP contribution is -2.28. The maximum atomic E-state index is 12.5. The highest BCUT2D eigenvalue weighted by Gasteiger charge is 2.16. The van der Waals surface area contributed by atoms with Crippen LogP contribution in [0, 0.1) is 0 Å². The summed E-state index contributed by atoms with van der Waals surface area (Å²) in [7, 11) is 1.75. The average molecular weight is 368 g/mol. The van der Waals surface area contributed by atoms with Crippen LogP contribution in [0.2, 0.25) is 0 Å². The Labute approximate surface area is 155 Å². The minimum absolute atomic E-state index is 0.0536. The van der Waals surface area contributed by atoms with Gasteiger partial charge in [0, 0.05) is 26.6 Å². The Morgan fingerprint density at radius 3 is 2.74 bits per heavy atom. The summed E-state index contributed by atoms with van der Waals surface area (Å²) in [6, 6.07) is 12.9. The molecule has 7 heteroatoms. The van der Waals surface area contributed by atoms with Crippen molar-refractivity contribution < 1.29 is 18.7 Å². The Balaban J connectivity index is 1.41. The fraction of sp³-hybridized carbons (Fsp3) is 0.300. The zero-order chi connectivity index (χ0) is 18.8. The first-order valence-electron chi connectivity index (χ1n) is 8.83. The molecule has 0 spiro atoms. The second kappa shape index (κ2) is 7.19. The maximum Gasteiger partial charge on any atom is 0.419 e. The third-order valence-corrected chi connectivity index (χ3v) is 4.58. The third kappa shape index (κ3) is 3.53. The maximum absolute atomic E-state index is 12.5. The van der Waals surface area contributed by atoms with Crippen LogP contribution in [0.1, 0.15) is 12.0 Å². The van der Waals surface area contributed by atoms with E-state index in [0.29, 0.717) is 36.6 Å². The number of benzene rings is 2. The van der Waals surface area contributed by atoms with Crippen molar-refractivity contribution in [3.05, 3.63) is 58.6 Å². The Bertz CT molecular complexity index is 1040. The second-order valence-corrected chi connectivity index (χ2v) is 6.47. The number of amides is 1. The fourth-order valence-corrected chi connectivity index (χ4v) is 3.17. The molecule has 0 N–H and O–H groups in total. The number of hydrogen-bond donors (Lipinski definition) is 0. The number of carbonyl (C=O) groups excluding carboxylic acids is 1. The van der Waals surface area contributed by atoms with E-state index in [4.69, 9.17) is 13.9 Å². The molecule has 0 radical (unpaired) electrons. The molecule has 0 aliphatic carbocycles. The largest absolute Gasteiger partial charge is 0.486 e. The Morgan fingerprint density at radius 1 is 1.11 bits per heavy atom. The monoisotopic (exact) mass is 368 g/mol. The van der Waals surface area contributed by atoms with Gasteiger partial charge in [-0.1, -0.05) is 18.2 Å². The van der Waals surface area contributed by atoms with Crippen molar-refractivity contribution in [3.8, 4) is 11.5 Å². The molecule has 140 valence electrons. The van der Waals surface area contributed by atoms with Crippen LogP contribution < -0.4 is 15.2 Å². The zero-order valence-electron chi connectivity index (χ0n) is 15.0. The van der Waals surface area contributed by atoms with Crippen LogP contribution in [-0.2, 0) is 17.9 Å². The summed E-state index contributed by atoms with van der Waals surface area (Å²) >= 11 is 0. The van der Waals surface area contributed by atoms with Gasteiger partial charge in [-0.2, -0.15) is 0 Å². The summed E-state index contributed by atoms with van der Waals surface area (Å²) in [4.78, 5) is 26.1. The molecule has 1 aliphatic rings.